The number of rotatable bonds is 5. The Morgan fingerprint density at radius 2 is 2.00 bits per heavy atom. The maximum absolute atomic E-state index is 12.3. The van der Waals surface area contributed by atoms with Crippen molar-refractivity contribution in [3.05, 3.63) is 71.6 Å². The fourth-order valence-electron chi connectivity index (χ4n) is 3.35. The molecule has 142 valence electrons. The van der Waals surface area contributed by atoms with E-state index in [-0.39, 0.29) is 30.2 Å². The van der Waals surface area contributed by atoms with E-state index in [1.165, 1.54) is 0 Å². The fourth-order valence-corrected chi connectivity index (χ4v) is 3.35. The summed E-state index contributed by atoms with van der Waals surface area (Å²) in [6.45, 7) is 2.45. The number of hydrogen-bond donors (Lipinski definition) is 1. The first-order chi connectivity index (χ1) is 13.6. The first-order valence-corrected chi connectivity index (χ1v) is 9.13. The van der Waals surface area contributed by atoms with Gasteiger partial charge >= 0.3 is 6.01 Å². The molecule has 1 unspecified atom stereocenters. The molecule has 1 fully saturated rings. The second-order valence-electron chi connectivity index (χ2n) is 6.90. The summed E-state index contributed by atoms with van der Waals surface area (Å²) in [5.74, 6) is -0.0473. The van der Waals surface area contributed by atoms with Crippen LogP contribution in [0.5, 0.6) is 0 Å². The monoisotopic (exact) mass is 376 g/mol. The molecule has 1 aliphatic rings. The molecule has 1 N–H and O–H groups in total. The number of benzene rings is 2. The van der Waals surface area contributed by atoms with E-state index in [4.69, 9.17) is 4.42 Å². The van der Waals surface area contributed by atoms with Gasteiger partial charge in [-0.25, -0.2) is 0 Å². The van der Waals surface area contributed by atoms with E-state index in [0.29, 0.717) is 18.9 Å². The van der Waals surface area contributed by atoms with Crippen LogP contribution < -0.4 is 10.2 Å². The Hall–Kier alpha value is -3.48. The second-order valence-corrected chi connectivity index (χ2v) is 6.90. The van der Waals surface area contributed by atoms with E-state index in [2.05, 4.69) is 15.5 Å². The standard InChI is InChI=1S/C21H20N4O3/c1-14-6-5-7-15(10-14)11-18(26)22-21-24-23-20(28-21)16-12-19(27)25(13-16)17-8-3-2-4-9-17/h2-10,16H,11-13H2,1H3,(H,22,24,26). The van der Waals surface area contributed by atoms with E-state index in [1.54, 1.807) is 4.90 Å². The highest BCUT2D eigenvalue weighted by Crippen LogP contribution is 2.31. The lowest BCUT2D eigenvalue weighted by molar-refractivity contribution is -0.117. The topological polar surface area (TPSA) is 88.3 Å². The minimum atomic E-state index is -0.228. The van der Waals surface area contributed by atoms with Crippen molar-refractivity contribution in [3.8, 4) is 0 Å². The van der Waals surface area contributed by atoms with Crippen LogP contribution in [0.4, 0.5) is 11.7 Å². The van der Waals surface area contributed by atoms with Crippen molar-refractivity contribution in [3.63, 3.8) is 0 Å². The molecule has 0 aliphatic carbocycles. The first kappa shape index (κ1) is 17.9. The van der Waals surface area contributed by atoms with Crippen LogP contribution in [0.3, 0.4) is 0 Å². The highest BCUT2D eigenvalue weighted by Gasteiger charge is 2.35. The van der Waals surface area contributed by atoms with Crippen LogP contribution in [-0.4, -0.2) is 28.6 Å². The molecule has 7 nitrogen and oxygen atoms in total. The maximum atomic E-state index is 12.3. The predicted molar refractivity (Wildman–Crippen MR) is 104 cm³/mol. The molecule has 4 rings (SSSR count). The van der Waals surface area contributed by atoms with Gasteiger partial charge in [0.25, 0.3) is 0 Å². The molecule has 2 heterocycles. The molecule has 1 aliphatic heterocycles. The van der Waals surface area contributed by atoms with Gasteiger partial charge in [0.15, 0.2) is 0 Å². The van der Waals surface area contributed by atoms with E-state index >= 15 is 0 Å². The Morgan fingerprint density at radius 1 is 1.18 bits per heavy atom. The number of para-hydroxylation sites is 1. The number of carbonyl (C=O) groups excluding carboxylic acids is 2. The fraction of sp³-hybridized carbons (Fsp3) is 0.238. The molecule has 0 bridgehead atoms. The number of carbonyl (C=O) groups is 2. The molecule has 0 radical (unpaired) electrons. The highest BCUT2D eigenvalue weighted by atomic mass is 16.4. The maximum Gasteiger partial charge on any atom is 0.322 e. The van der Waals surface area contributed by atoms with Crippen LogP contribution in [0.15, 0.2) is 59.0 Å². The third-order valence-electron chi connectivity index (χ3n) is 4.68. The molecule has 2 amide bonds. The van der Waals surface area contributed by atoms with Gasteiger partial charge in [-0.05, 0) is 24.6 Å². The largest absolute Gasteiger partial charge is 0.407 e. The van der Waals surface area contributed by atoms with Crippen LogP contribution in [0.25, 0.3) is 0 Å². The van der Waals surface area contributed by atoms with Gasteiger partial charge in [0.05, 0.1) is 12.3 Å². The van der Waals surface area contributed by atoms with Gasteiger partial charge in [-0.2, -0.15) is 0 Å². The van der Waals surface area contributed by atoms with Crippen molar-refractivity contribution in [2.24, 2.45) is 0 Å². The van der Waals surface area contributed by atoms with E-state index in [0.717, 1.165) is 16.8 Å². The lowest BCUT2D eigenvalue weighted by Gasteiger charge is -2.15. The number of nitrogens with one attached hydrogen (secondary N) is 1. The van der Waals surface area contributed by atoms with Gasteiger partial charge in [0.1, 0.15) is 0 Å². The Labute approximate surface area is 162 Å². The zero-order valence-corrected chi connectivity index (χ0v) is 15.5. The Morgan fingerprint density at radius 3 is 2.79 bits per heavy atom. The normalized spacial score (nSPS) is 16.4. The van der Waals surface area contributed by atoms with Gasteiger partial charge < -0.3 is 9.32 Å². The molecule has 3 aromatic rings. The molecule has 0 spiro atoms. The number of aromatic nitrogens is 2. The third-order valence-corrected chi connectivity index (χ3v) is 4.68. The molecular weight excluding hydrogens is 356 g/mol. The Balaban J connectivity index is 1.39. The molecule has 1 saturated heterocycles. The minimum absolute atomic E-state index is 0.0134. The quantitative estimate of drug-likeness (QED) is 0.739. The van der Waals surface area contributed by atoms with Crippen molar-refractivity contribution >= 4 is 23.5 Å². The van der Waals surface area contributed by atoms with E-state index < -0.39 is 0 Å². The minimum Gasteiger partial charge on any atom is -0.407 e. The molecule has 1 atom stereocenters. The summed E-state index contributed by atoms with van der Waals surface area (Å²) >= 11 is 0. The average Bonchev–Trinajstić information content (AvgIpc) is 3.29. The van der Waals surface area contributed by atoms with Gasteiger partial charge in [0, 0.05) is 18.7 Å². The number of aryl methyl sites for hydroxylation is 1. The lowest BCUT2D eigenvalue weighted by Crippen LogP contribution is -2.24. The van der Waals surface area contributed by atoms with Crippen LogP contribution >= 0.6 is 0 Å². The predicted octanol–water partition coefficient (Wildman–Crippen LogP) is 3.08. The van der Waals surface area contributed by atoms with Gasteiger partial charge in [-0.3, -0.25) is 14.9 Å². The summed E-state index contributed by atoms with van der Waals surface area (Å²) in [4.78, 5) is 26.3. The van der Waals surface area contributed by atoms with Crippen LogP contribution in [0, 0.1) is 6.92 Å². The Kier molecular flexibility index (Phi) is 4.89. The molecule has 0 saturated carbocycles. The third kappa shape index (κ3) is 3.93. The van der Waals surface area contributed by atoms with Crippen LogP contribution in [-0.2, 0) is 16.0 Å². The molecule has 7 heteroatoms. The molecule has 28 heavy (non-hydrogen) atoms. The number of hydrogen-bond acceptors (Lipinski definition) is 5. The summed E-state index contributed by atoms with van der Waals surface area (Å²) in [5.41, 5.74) is 2.86. The summed E-state index contributed by atoms with van der Waals surface area (Å²) in [6.07, 6.45) is 0.525. The number of amides is 2. The van der Waals surface area contributed by atoms with Gasteiger partial charge in [-0.15, -0.1) is 5.10 Å². The van der Waals surface area contributed by atoms with Gasteiger partial charge in [-0.1, -0.05) is 53.1 Å². The average molecular weight is 376 g/mol. The molecule has 2 aromatic carbocycles. The van der Waals surface area contributed by atoms with Crippen molar-refractivity contribution in [2.45, 2.75) is 25.7 Å². The summed E-state index contributed by atoms with van der Waals surface area (Å²) in [5, 5.41) is 10.6. The molecule has 1 aromatic heterocycles. The van der Waals surface area contributed by atoms with Crippen LogP contribution in [0.1, 0.15) is 29.4 Å². The van der Waals surface area contributed by atoms with E-state index in [9.17, 15) is 9.59 Å². The number of anilines is 2. The zero-order valence-electron chi connectivity index (χ0n) is 15.5. The van der Waals surface area contributed by atoms with Crippen molar-refractivity contribution in [1.82, 2.24) is 10.2 Å². The van der Waals surface area contributed by atoms with Crippen molar-refractivity contribution in [1.29, 1.82) is 0 Å². The molecular formula is C21H20N4O3. The zero-order chi connectivity index (χ0) is 19.5. The van der Waals surface area contributed by atoms with Gasteiger partial charge in [0.2, 0.25) is 17.7 Å². The first-order valence-electron chi connectivity index (χ1n) is 9.13. The van der Waals surface area contributed by atoms with Crippen LogP contribution in [0.2, 0.25) is 0 Å². The summed E-state index contributed by atoms with van der Waals surface area (Å²) in [7, 11) is 0. The highest BCUT2D eigenvalue weighted by molar-refractivity contribution is 5.96. The Bertz CT molecular complexity index is 1000. The number of nitrogens with zero attached hydrogens (tertiary/aromatic N) is 3. The second kappa shape index (κ2) is 7.64. The summed E-state index contributed by atoms with van der Waals surface area (Å²) in [6, 6.07) is 17.3. The SMILES string of the molecule is Cc1cccc(CC(=O)Nc2nnc(C3CC(=O)N(c4ccccc4)C3)o2)c1. The lowest BCUT2D eigenvalue weighted by atomic mass is 10.1. The summed E-state index contributed by atoms with van der Waals surface area (Å²) < 4.78 is 5.60. The van der Waals surface area contributed by atoms with E-state index in [1.807, 2.05) is 61.5 Å². The van der Waals surface area contributed by atoms with Crippen molar-refractivity contribution < 1.29 is 14.0 Å². The van der Waals surface area contributed by atoms with Crippen molar-refractivity contribution in [2.75, 3.05) is 16.8 Å². The smallest absolute Gasteiger partial charge is 0.322 e.